The summed E-state index contributed by atoms with van der Waals surface area (Å²) in [6.07, 6.45) is 5.83. The van der Waals surface area contributed by atoms with Crippen molar-refractivity contribution in [3.8, 4) is 11.5 Å². The number of benzene rings is 2. The summed E-state index contributed by atoms with van der Waals surface area (Å²) in [6, 6.07) is 13.1. The molecule has 8 nitrogen and oxygen atoms in total. The zero-order chi connectivity index (χ0) is 23.4. The van der Waals surface area contributed by atoms with Crippen molar-refractivity contribution in [1.29, 1.82) is 0 Å². The zero-order valence-electron chi connectivity index (χ0n) is 18.5. The van der Waals surface area contributed by atoms with Gasteiger partial charge in [-0.05, 0) is 18.6 Å². The number of aliphatic hydroxyl groups is 1. The zero-order valence-corrected chi connectivity index (χ0v) is 18.5. The summed E-state index contributed by atoms with van der Waals surface area (Å²) in [5.74, 6) is -0.549. The summed E-state index contributed by atoms with van der Waals surface area (Å²) < 4.78 is 12.8. The third-order valence-corrected chi connectivity index (χ3v) is 5.70. The van der Waals surface area contributed by atoms with Gasteiger partial charge < -0.3 is 24.0 Å². The normalized spacial score (nSPS) is 17.4. The first-order chi connectivity index (χ1) is 16.0. The Morgan fingerprint density at radius 1 is 1.06 bits per heavy atom. The fourth-order valence-electron chi connectivity index (χ4n) is 4.07. The highest BCUT2D eigenvalue weighted by molar-refractivity contribution is 6.46. The van der Waals surface area contributed by atoms with E-state index in [1.165, 1.54) is 12.0 Å². The molecule has 1 aliphatic rings. The molecule has 1 saturated heterocycles. The molecule has 1 amide bonds. The first-order valence-corrected chi connectivity index (χ1v) is 10.6. The molecule has 8 heteroatoms. The lowest BCUT2D eigenvalue weighted by atomic mass is 9.94. The van der Waals surface area contributed by atoms with Gasteiger partial charge >= 0.3 is 0 Å². The smallest absolute Gasteiger partial charge is 0.295 e. The van der Waals surface area contributed by atoms with Gasteiger partial charge in [0.15, 0.2) is 0 Å². The van der Waals surface area contributed by atoms with Crippen LogP contribution < -0.4 is 9.47 Å². The van der Waals surface area contributed by atoms with Crippen LogP contribution in [-0.2, 0) is 16.1 Å². The van der Waals surface area contributed by atoms with Crippen molar-refractivity contribution in [3.05, 3.63) is 84.0 Å². The van der Waals surface area contributed by atoms with Gasteiger partial charge in [-0.1, -0.05) is 30.3 Å². The highest BCUT2D eigenvalue weighted by Crippen LogP contribution is 2.43. The molecule has 1 atom stereocenters. The van der Waals surface area contributed by atoms with E-state index in [4.69, 9.17) is 9.47 Å². The van der Waals surface area contributed by atoms with Crippen LogP contribution in [-0.4, -0.2) is 52.0 Å². The SMILES string of the molecule is COc1ccc(C2/C(=C(\O)c3ccccc3)C(=O)C(=O)N2CCCn2ccnc2)c(OC)c1. The van der Waals surface area contributed by atoms with E-state index in [1.807, 2.05) is 16.8 Å². The number of ketones is 1. The number of carbonyl (C=O) groups excluding carboxylic acids is 2. The van der Waals surface area contributed by atoms with Crippen LogP contribution in [0.1, 0.15) is 23.6 Å². The maximum absolute atomic E-state index is 13.1. The van der Waals surface area contributed by atoms with Gasteiger partial charge in [-0.2, -0.15) is 0 Å². The number of rotatable bonds is 8. The number of Topliss-reactive ketones (excluding diaryl/α,β-unsaturated/α-hetero) is 1. The molecule has 0 bridgehead atoms. The largest absolute Gasteiger partial charge is 0.507 e. The van der Waals surface area contributed by atoms with Gasteiger partial charge in [0.25, 0.3) is 11.7 Å². The number of aliphatic hydroxyl groups excluding tert-OH is 1. The van der Waals surface area contributed by atoms with Crippen LogP contribution in [0.2, 0.25) is 0 Å². The van der Waals surface area contributed by atoms with Crippen molar-refractivity contribution in [1.82, 2.24) is 14.5 Å². The number of amides is 1. The molecule has 0 spiro atoms. The van der Waals surface area contributed by atoms with Crippen molar-refractivity contribution in [3.63, 3.8) is 0 Å². The molecule has 1 unspecified atom stereocenters. The van der Waals surface area contributed by atoms with Gasteiger partial charge in [0, 0.05) is 42.7 Å². The second-order valence-corrected chi connectivity index (χ2v) is 7.62. The van der Waals surface area contributed by atoms with E-state index in [9.17, 15) is 14.7 Å². The van der Waals surface area contributed by atoms with Crippen LogP contribution in [0.4, 0.5) is 0 Å². The van der Waals surface area contributed by atoms with Gasteiger partial charge in [-0.15, -0.1) is 0 Å². The van der Waals surface area contributed by atoms with E-state index in [2.05, 4.69) is 4.98 Å². The van der Waals surface area contributed by atoms with Gasteiger partial charge in [0.2, 0.25) is 0 Å². The molecule has 1 aromatic heterocycles. The Bertz CT molecular complexity index is 1170. The number of aromatic nitrogens is 2. The maximum atomic E-state index is 13.1. The summed E-state index contributed by atoms with van der Waals surface area (Å²) in [6.45, 7) is 0.947. The first-order valence-electron chi connectivity index (χ1n) is 10.6. The third kappa shape index (κ3) is 4.32. The summed E-state index contributed by atoms with van der Waals surface area (Å²) in [5.41, 5.74) is 1.10. The Balaban J connectivity index is 1.78. The minimum absolute atomic E-state index is 0.0392. The van der Waals surface area contributed by atoms with Crippen molar-refractivity contribution >= 4 is 17.4 Å². The lowest BCUT2D eigenvalue weighted by molar-refractivity contribution is -0.140. The van der Waals surface area contributed by atoms with Crippen LogP contribution in [0.5, 0.6) is 11.5 Å². The molecule has 2 heterocycles. The van der Waals surface area contributed by atoms with Crippen molar-refractivity contribution in [2.75, 3.05) is 20.8 Å². The Morgan fingerprint density at radius 2 is 1.85 bits per heavy atom. The van der Waals surface area contributed by atoms with E-state index >= 15 is 0 Å². The highest BCUT2D eigenvalue weighted by Gasteiger charge is 2.46. The topological polar surface area (TPSA) is 93.9 Å². The predicted molar refractivity (Wildman–Crippen MR) is 122 cm³/mol. The number of nitrogens with zero attached hydrogens (tertiary/aromatic N) is 3. The number of likely N-dealkylation sites (tertiary alicyclic amines) is 1. The fraction of sp³-hybridized carbons (Fsp3) is 0.240. The molecule has 0 aliphatic carbocycles. The lowest BCUT2D eigenvalue weighted by Crippen LogP contribution is -2.31. The molecule has 1 fully saturated rings. The van der Waals surface area contributed by atoms with Gasteiger partial charge in [0.05, 0.1) is 32.2 Å². The summed E-state index contributed by atoms with van der Waals surface area (Å²) in [7, 11) is 3.06. The highest BCUT2D eigenvalue weighted by atomic mass is 16.5. The van der Waals surface area contributed by atoms with Gasteiger partial charge in [0.1, 0.15) is 17.3 Å². The van der Waals surface area contributed by atoms with Crippen LogP contribution >= 0.6 is 0 Å². The average molecular weight is 447 g/mol. The first kappa shape index (κ1) is 22.1. The number of hydrogen-bond acceptors (Lipinski definition) is 6. The molecular weight excluding hydrogens is 422 g/mol. The van der Waals surface area contributed by atoms with Crippen LogP contribution in [0.3, 0.4) is 0 Å². The summed E-state index contributed by atoms with van der Waals surface area (Å²) in [5, 5.41) is 11.1. The Kier molecular flexibility index (Phi) is 6.44. The second kappa shape index (κ2) is 9.60. The van der Waals surface area contributed by atoms with Gasteiger partial charge in [-0.25, -0.2) is 4.98 Å². The van der Waals surface area contributed by atoms with Crippen LogP contribution in [0.15, 0.2) is 72.8 Å². The van der Waals surface area contributed by atoms with E-state index in [0.29, 0.717) is 42.1 Å². The number of imidazole rings is 1. The number of methoxy groups -OCH3 is 2. The third-order valence-electron chi connectivity index (χ3n) is 5.70. The van der Waals surface area contributed by atoms with E-state index in [0.717, 1.165) is 0 Å². The molecule has 0 saturated carbocycles. The fourth-order valence-corrected chi connectivity index (χ4v) is 4.07. The summed E-state index contributed by atoms with van der Waals surface area (Å²) >= 11 is 0. The number of ether oxygens (including phenoxy) is 2. The van der Waals surface area contributed by atoms with Gasteiger partial charge in [-0.3, -0.25) is 9.59 Å². The van der Waals surface area contributed by atoms with E-state index in [1.54, 1.807) is 62.1 Å². The predicted octanol–water partition coefficient (Wildman–Crippen LogP) is 3.41. The summed E-state index contributed by atoms with van der Waals surface area (Å²) in [4.78, 5) is 31.8. The Labute approximate surface area is 191 Å². The van der Waals surface area contributed by atoms with E-state index < -0.39 is 17.7 Å². The monoisotopic (exact) mass is 447 g/mol. The molecule has 1 aliphatic heterocycles. The molecule has 4 rings (SSSR count). The quantitative estimate of drug-likeness (QED) is 0.323. The molecule has 170 valence electrons. The maximum Gasteiger partial charge on any atom is 0.295 e. The molecule has 2 aromatic carbocycles. The minimum atomic E-state index is -0.797. The lowest BCUT2D eigenvalue weighted by Gasteiger charge is -2.27. The number of carbonyl (C=O) groups is 2. The standard InChI is InChI=1S/C25H25N3O5/c1-32-18-9-10-19(20(15-18)33-2)22-21(23(29)17-7-4-3-5-8-17)24(30)25(31)28(22)13-6-12-27-14-11-26-16-27/h3-5,7-11,14-16,22,29H,6,12-13H2,1-2H3/b23-21+. The molecule has 1 N–H and O–H groups in total. The Hall–Kier alpha value is -4.07. The number of aryl methyl sites for hydroxylation is 1. The number of hydrogen-bond donors (Lipinski definition) is 1. The van der Waals surface area contributed by atoms with Crippen LogP contribution in [0.25, 0.3) is 5.76 Å². The molecule has 33 heavy (non-hydrogen) atoms. The average Bonchev–Trinajstić information content (AvgIpc) is 3.46. The minimum Gasteiger partial charge on any atom is -0.507 e. The molecule has 0 radical (unpaired) electrons. The van der Waals surface area contributed by atoms with E-state index in [-0.39, 0.29) is 11.3 Å². The van der Waals surface area contributed by atoms with Crippen molar-refractivity contribution in [2.45, 2.75) is 19.0 Å². The molecular formula is C25H25N3O5. The van der Waals surface area contributed by atoms with Crippen molar-refractivity contribution < 1.29 is 24.2 Å². The van der Waals surface area contributed by atoms with Crippen molar-refractivity contribution in [2.24, 2.45) is 0 Å². The van der Waals surface area contributed by atoms with Crippen LogP contribution in [0, 0.1) is 0 Å². The Morgan fingerprint density at radius 3 is 2.52 bits per heavy atom. The molecule has 3 aromatic rings. The second-order valence-electron chi connectivity index (χ2n) is 7.62.